The molecule has 122 valence electrons. The van der Waals surface area contributed by atoms with Crippen LogP contribution in [0.15, 0.2) is 29.7 Å². The monoisotopic (exact) mass is 335 g/mol. The number of hydrogen-bond acceptors (Lipinski definition) is 6. The van der Waals surface area contributed by atoms with Crippen LogP contribution in [-0.4, -0.2) is 43.9 Å². The van der Waals surface area contributed by atoms with E-state index in [0.29, 0.717) is 27.7 Å². The van der Waals surface area contributed by atoms with Crippen molar-refractivity contribution in [3.05, 3.63) is 35.3 Å². The van der Waals surface area contributed by atoms with E-state index < -0.39 is 0 Å². The quantitative estimate of drug-likeness (QED) is 0.588. The molecule has 0 radical (unpaired) electrons. The van der Waals surface area contributed by atoms with E-state index >= 15 is 0 Å². The van der Waals surface area contributed by atoms with Gasteiger partial charge in [0.15, 0.2) is 11.5 Å². The molecule has 6 nitrogen and oxygen atoms in total. The Morgan fingerprint density at radius 3 is 2.39 bits per heavy atom. The van der Waals surface area contributed by atoms with Gasteiger partial charge in [-0.1, -0.05) is 6.08 Å². The van der Waals surface area contributed by atoms with Gasteiger partial charge in [-0.05, 0) is 30.0 Å². The summed E-state index contributed by atoms with van der Waals surface area (Å²) in [6.07, 6.45) is 3.12. The first-order valence-electron chi connectivity index (χ1n) is 6.72. The lowest BCUT2D eigenvalue weighted by Crippen LogP contribution is -2.27. The first-order chi connectivity index (χ1) is 11.1. The number of benzene rings is 1. The van der Waals surface area contributed by atoms with Crippen molar-refractivity contribution in [2.24, 2.45) is 0 Å². The minimum atomic E-state index is -0.350. The zero-order valence-electron chi connectivity index (χ0n) is 13.1. The van der Waals surface area contributed by atoms with Gasteiger partial charge in [0.25, 0.3) is 11.1 Å². The van der Waals surface area contributed by atoms with Gasteiger partial charge in [-0.3, -0.25) is 14.5 Å². The second-order valence-corrected chi connectivity index (χ2v) is 5.50. The molecule has 0 aliphatic carbocycles. The molecule has 2 amide bonds. The van der Waals surface area contributed by atoms with Crippen LogP contribution in [0.2, 0.25) is 0 Å². The Morgan fingerprint density at radius 1 is 1.13 bits per heavy atom. The highest BCUT2D eigenvalue weighted by Gasteiger charge is 2.34. The molecule has 0 atom stereocenters. The second-order valence-electron chi connectivity index (χ2n) is 4.50. The number of methoxy groups -OCH3 is 3. The van der Waals surface area contributed by atoms with Crippen LogP contribution in [0.4, 0.5) is 4.79 Å². The third-order valence-electron chi connectivity index (χ3n) is 3.21. The van der Waals surface area contributed by atoms with Gasteiger partial charge in [0.2, 0.25) is 5.75 Å². The summed E-state index contributed by atoms with van der Waals surface area (Å²) in [6.45, 7) is 3.73. The molecule has 0 aromatic heterocycles. The van der Waals surface area contributed by atoms with Gasteiger partial charge in [0.05, 0.1) is 26.2 Å². The normalized spacial score (nSPS) is 16.0. The Hall–Kier alpha value is -2.41. The molecule has 1 aromatic carbocycles. The van der Waals surface area contributed by atoms with Gasteiger partial charge in [-0.25, -0.2) is 0 Å². The molecule has 0 spiro atoms. The lowest BCUT2D eigenvalue weighted by atomic mass is 10.1. The Balaban J connectivity index is 2.45. The first-order valence-corrected chi connectivity index (χ1v) is 7.54. The van der Waals surface area contributed by atoms with E-state index in [1.165, 1.54) is 27.4 Å². The predicted octanol–water partition coefficient (Wildman–Crippen LogP) is 2.93. The average molecular weight is 335 g/mol. The third-order valence-corrected chi connectivity index (χ3v) is 4.11. The van der Waals surface area contributed by atoms with Crippen LogP contribution in [0.1, 0.15) is 5.56 Å². The van der Waals surface area contributed by atoms with Crippen LogP contribution in [0.5, 0.6) is 17.2 Å². The number of hydrogen-bond donors (Lipinski definition) is 0. The first kappa shape index (κ1) is 17.0. The number of carbonyl (C=O) groups is 2. The maximum atomic E-state index is 12.3. The summed E-state index contributed by atoms with van der Waals surface area (Å²) in [4.78, 5) is 25.6. The fraction of sp³-hybridized carbons (Fsp3) is 0.250. The number of amides is 2. The van der Waals surface area contributed by atoms with Gasteiger partial charge in [-0.2, -0.15) is 0 Å². The molecular formula is C16H17NO5S. The van der Waals surface area contributed by atoms with Crippen molar-refractivity contribution in [1.82, 2.24) is 4.90 Å². The smallest absolute Gasteiger partial charge is 0.293 e. The van der Waals surface area contributed by atoms with Crippen LogP contribution < -0.4 is 14.2 Å². The summed E-state index contributed by atoms with van der Waals surface area (Å²) in [7, 11) is 4.53. The number of rotatable bonds is 6. The fourth-order valence-corrected chi connectivity index (χ4v) is 3.00. The highest BCUT2D eigenvalue weighted by Crippen LogP contribution is 2.42. The molecule has 7 heteroatoms. The zero-order chi connectivity index (χ0) is 17.0. The molecule has 1 fully saturated rings. The summed E-state index contributed by atoms with van der Waals surface area (Å²) >= 11 is 0.882. The average Bonchev–Trinajstić information content (AvgIpc) is 2.82. The van der Waals surface area contributed by atoms with Crippen molar-refractivity contribution >= 4 is 29.0 Å². The highest BCUT2D eigenvalue weighted by atomic mass is 32.2. The predicted molar refractivity (Wildman–Crippen MR) is 89.0 cm³/mol. The van der Waals surface area contributed by atoms with Crippen molar-refractivity contribution in [3.8, 4) is 17.2 Å². The van der Waals surface area contributed by atoms with Crippen molar-refractivity contribution in [1.29, 1.82) is 0 Å². The lowest BCUT2D eigenvalue weighted by molar-refractivity contribution is -0.122. The van der Waals surface area contributed by atoms with E-state index in [2.05, 4.69) is 6.58 Å². The molecule has 1 saturated heterocycles. The molecule has 0 N–H and O–H groups in total. The Kier molecular flexibility index (Phi) is 5.33. The van der Waals surface area contributed by atoms with E-state index in [0.717, 1.165) is 16.7 Å². The summed E-state index contributed by atoms with van der Waals surface area (Å²) < 4.78 is 15.9. The number of carbonyl (C=O) groups excluding carboxylic acids is 2. The third kappa shape index (κ3) is 3.19. The standard InChI is InChI=1S/C16H17NO5S/c1-5-8-17-15(18)12(23-16(17)19)9-10-6-7-11(20-2)14(22-4)13(10)21-3/h5-7,9H,1,8H2,2-4H3/b12-9-. The van der Waals surface area contributed by atoms with Crippen LogP contribution >= 0.6 is 11.8 Å². The fourth-order valence-electron chi connectivity index (χ4n) is 2.17. The molecular weight excluding hydrogens is 318 g/mol. The molecule has 2 rings (SSSR count). The molecule has 0 bridgehead atoms. The Morgan fingerprint density at radius 2 is 1.83 bits per heavy atom. The highest BCUT2D eigenvalue weighted by molar-refractivity contribution is 8.18. The van der Waals surface area contributed by atoms with Gasteiger partial charge < -0.3 is 14.2 Å². The van der Waals surface area contributed by atoms with Gasteiger partial charge >= 0.3 is 0 Å². The van der Waals surface area contributed by atoms with Gasteiger partial charge in [0, 0.05) is 12.1 Å². The summed E-state index contributed by atoms with van der Waals surface area (Å²) in [5.41, 5.74) is 0.620. The van der Waals surface area contributed by atoms with Crippen LogP contribution in [0.3, 0.4) is 0 Å². The zero-order valence-corrected chi connectivity index (χ0v) is 13.9. The number of imide groups is 1. The molecule has 23 heavy (non-hydrogen) atoms. The minimum Gasteiger partial charge on any atom is -0.493 e. The van der Waals surface area contributed by atoms with Gasteiger partial charge in [-0.15, -0.1) is 6.58 Å². The molecule has 0 unspecified atom stereocenters. The van der Waals surface area contributed by atoms with Crippen molar-refractivity contribution < 1.29 is 23.8 Å². The van der Waals surface area contributed by atoms with Crippen molar-refractivity contribution in [3.63, 3.8) is 0 Å². The van der Waals surface area contributed by atoms with Gasteiger partial charge in [0.1, 0.15) is 0 Å². The van der Waals surface area contributed by atoms with E-state index in [1.54, 1.807) is 18.2 Å². The number of nitrogens with zero attached hydrogens (tertiary/aromatic N) is 1. The van der Waals surface area contributed by atoms with Crippen molar-refractivity contribution in [2.45, 2.75) is 0 Å². The van der Waals surface area contributed by atoms with Crippen molar-refractivity contribution in [2.75, 3.05) is 27.9 Å². The number of thioether (sulfide) groups is 1. The molecule has 1 heterocycles. The minimum absolute atomic E-state index is 0.186. The Bertz CT molecular complexity index is 683. The van der Waals surface area contributed by atoms with Crippen LogP contribution in [-0.2, 0) is 4.79 Å². The molecule has 1 aliphatic heterocycles. The van der Waals surface area contributed by atoms with E-state index in [-0.39, 0.29) is 17.7 Å². The lowest BCUT2D eigenvalue weighted by Gasteiger charge is -2.14. The summed E-state index contributed by atoms with van der Waals surface area (Å²) in [6, 6.07) is 3.45. The molecule has 1 aliphatic rings. The molecule has 1 aromatic rings. The Labute approximate surface area is 138 Å². The maximum absolute atomic E-state index is 12.3. The summed E-state index contributed by atoms with van der Waals surface area (Å²) in [5, 5.41) is -0.319. The maximum Gasteiger partial charge on any atom is 0.293 e. The van der Waals surface area contributed by atoms with Crippen LogP contribution in [0.25, 0.3) is 6.08 Å². The molecule has 0 saturated carbocycles. The number of ether oxygens (including phenoxy) is 3. The van der Waals surface area contributed by atoms with E-state index in [4.69, 9.17) is 14.2 Å². The largest absolute Gasteiger partial charge is 0.493 e. The van der Waals surface area contributed by atoms with E-state index in [1.807, 2.05) is 0 Å². The van der Waals surface area contributed by atoms with E-state index in [9.17, 15) is 9.59 Å². The second kappa shape index (κ2) is 7.23. The van der Waals surface area contributed by atoms with Crippen LogP contribution in [0, 0.1) is 0 Å². The topological polar surface area (TPSA) is 65.1 Å². The summed E-state index contributed by atoms with van der Waals surface area (Å²) in [5.74, 6) is 1.02. The SMILES string of the molecule is C=CCN1C(=O)S/C(=C\c2ccc(OC)c(OC)c2OC)C1=O.